The minimum absolute atomic E-state index is 0.0441. The van der Waals surface area contributed by atoms with Gasteiger partial charge in [-0.2, -0.15) is 9.29 Å². The van der Waals surface area contributed by atoms with Gasteiger partial charge in [-0.15, -0.1) is 0 Å². The Morgan fingerprint density at radius 2 is 1.64 bits per heavy atom. The van der Waals surface area contributed by atoms with E-state index in [1.54, 1.807) is 35.7 Å². The van der Waals surface area contributed by atoms with Crippen LogP contribution in [-0.4, -0.2) is 67.0 Å². The van der Waals surface area contributed by atoms with Crippen LogP contribution in [0.5, 0.6) is 5.75 Å². The summed E-state index contributed by atoms with van der Waals surface area (Å²) in [5, 5.41) is 7.05. The Hall–Kier alpha value is -3.28. The van der Waals surface area contributed by atoms with Gasteiger partial charge in [0, 0.05) is 30.3 Å². The number of carbonyl (C=O) groups excluding carboxylic acids is 1. The molecule has 3 heterocycles. The number of benzene rings is 2. The number of hydrogen-bond acceptors (Lipinski definition) is 8. The lowest BCUT2D eigenvalue weighted by Gasteiger charge is -2.30. The van der Waals surface area contributed by atoms with E-state index in [-0.39, 0.29) is 16.7 Å². The van der Waals surface area contributed by atoms with Gasteiger partial charge < -0.3 is 14.6 Å². The highest BCUT2D eigenvalue weighted by molar-refractivity contribution is 7.89. The number of likely N-dealkylation sites (tertiary alicyclic amines) is 1. The van der Waals surface area contributed by atoms with Crippen LogP contribution < -0.4 is 10.1 Å². The molecule has 0 saturated carbocycles. The molecule has 1 N–H and O–H groups in total. The maximum absolute atomic E-state index is 13.0. The zero-order chi connectivity index (χ0) is 27.2. The molecular formula is C28H35N5O5S. The molecule has 1 amide bonds. The van der Waals surface area contributed by atoms with Crippen molar-refractivity contribution in [1.29, 1.82) is 0 Å². The van der Waals surface area contributed by atoms with Crippen LogP contribution in [0.2, 0.25) is 0 Å². The molecule has 10 nitrogen and oxygen atoms in total. The molecule has 2 saturated heterocycles. The first-order valence-corrected chi connectivity index (χ1v) is 15.0. The van der Waals surface area contributed by atoms with Crippen LogP contribution in [0, 0.1) is 5.92 Å². The van der Waals surface area contributed by atoms with Crippen molar-refractivity contribution < 1.29 is 22.5 Å². The maximum atomic E-state index is 13.0. The van der Waals surface area contributed by atoms with E-state index in [0.29, 0.717) is 49.9 Å². The third-order valence-corrected chi connectivity index (χ3v) is 9.37. The van der Waals surface area contributed by atoms with E-state index in [9.17, 15) is 13.2 Å². The van der Waals surface area contributed by atoms with Gasteiger partial charge in [0.25, 0.3) is 0 Å². The number of nitrogens with zero attached hydrogens (tertiary/aromatic N) is 4. The van der Waals surface area contributed by atoms with Crippen LogP contribution >= 0.6 is 0 Å². The van der Waals surface area contributed by atoms with Gasteiger partial charge in [-0.05, 0) is 87.3 Å². The molecule has 2 aromatic carbocycles. The van der Waals surface area contributed by atoms with Crippen molar-refractivity contribution in [2.45, 2.75) is 50.0 Å². The Morgan fingerprint density at radius 3 is 2.28 bits per heavy atom. The van der Waals surface area contributed by atoms with Crippen LogP contribution in [0.4, 0.5) is 5.69 Å². The second-order valence-electron chi connectivity index (χ2n) is 10.1. The molecule has 3 aromatic rings. The fraction of sp³-hybridized carbons (Fsp3) is 0.464. The number of anilines is 1. The first-order valence-electron chi connectivity index (χ1n) is 13.5. The fourth-order valence-electron chi connectivity index (χ4n) is 5.11. The average Bonchev–Trinajstić information content (AvgIpc) is 3.24. The molecule has 0 aliphatic carbocycles. The van der Waals surface area contributed by atoms with Crippen molar-refractivity contribution in [3.8, 4) is 17.1 Å². The lowest BCUT2D eigenvalue weighted by atomic mass is 9.96. The monoisotopic (exact) mass is 553 g/mol. The zero-order valence-electron chi connectivity index (χ0n) is 22.2. The van der Waals surface area contributed by atoms with Crippen molar-refractivity contribution >= 4 is 21.6 Å². The smallest absolute Gasteiger partial charge is 0.243 e. The first kappa shape index (κ1) is 27.3. The van der Waals surface area contributed by atoms with Gasteiger partial charge in [-0.1, -0.05) is 18.0 Å². The average molecular weight is 554 g/mol. The van der Waals surface area contributed by atoms with E-state index in [0.717, 1.165) is 50.1 Å². The van der Waals surface area contributed by atoms with Gasteiger partial charge >= 0.3 is 0 Å². The fourth-order valence-corrected chi connectivity index (χ4v) is 6.62. The van der Waals surface area contributed by atoms with Gasteiger partial charge in [-0.3, -0.25) is 9.69 Å². The topological polar surface area (TPSA) is 118 Å². The number of nitrogens with one attached hydrogen (secondary N) is 1. The summed E-state index contributed by atoms with van der Waals surface area (Å²) in [6.45, 7) is 3.15. The molecule has 2 aliphatic rings. The summed E-state index contributed by atoms with van der Waals surface area (Å²) < 4.78 is 38.2. The minimum atomic E-state index is -3.51. The molecular weight excluding hydrogens is 518 g/mol. The summed E-state index contributed by atoms with van der Waals surface area (Å²) in [6.07, 6.45) is 5.36. The zero-order valence-corrected chi connectivity index (χ0v) is 23.0. The highest BCUT2D eigenvalue weighted by Crippen LogP contribution is 2.25. The second-order valence-corrected chi connectivity index (χ2v) is 12.1. The van der Waals surface area contributed by atoms with Crippen LogP contribution in [-0.2, 0) is 21.4 Å². The van der Waals surface area contributed by atoms with Crippen molar-refractivity contribution in [3.05, 3.63) is 54.4 Å². The Kier molecular flexibility index (Phi) is 8.59. The molecule has 5 rings (SSSR count). The van der Waals surface area contributed by atoms with Crippen molar-refractivity contribution in [3.63, 3.8) is 0 Å². The van der Waals surface area contributed by atoms with E-state index in [4.69, 9.17) is 9.26 Å². The second kappa shape index (κ2) is 12.3. The molecule has 0 spiro atoms. The van der Waals surface area contributed by atoms with Gasteiger partial charge in [0.1, 0.15) is 5.75 Å². The Morgan fingerprint density at radius 1 is 0.974 bits per heavy atom. The molecule has 39 heavy (non-hydrogen) atoms. The number of aromatic nitrogens is 2. The van der Waals surface area contributed by atoms with Crippen LogP contribution in [0.3, 0.4) is 0 Å². The molecule has 2 fully saturated rings. The highest BCUT2D eigenvalue weighted by atomic mass is 32.2. The largest absolute Gasteiger partial charge is 0.497 e. The molecule has 0 bridgehead atoms. The molecule has 0 unspecified atom stereocenters. The molecule has 1 aromatic heterocycles. The maximum Gasteiger partial charge on any atom is 0.243 e. The quantitative estimate of drug-likeness (QED) is 0.442. The Bertz CT molecular complexity index is 1340. The lowest BCUT2D eigenvalue weighted by molar-refractivity contribution is -0.121. The normalized spacial score (nSPS) is 18.0. The van der Waals surface area contributed by atoms with E-state index in [2.05, 4.69) is 20.4 Å². The van der Waals surface area contributed by atoms with Gasteiger partial charge in [0.2, 0.25) is 27.6 Å². The van der Waals surface area contributed by atoms with Gasteiger partial charge in [0.05, 0.1) is 18.6 Å². The first-order chi connectivity index (χ1) is 18.9. The van der Waals surface area contributed by atoms with E-state index >= 15 is 0 Å². The molecule has 2 aliphatic heterocycles. The molecule has 0 radical (unpaired) electrons. The number of piperidine rings is 1. The van der Waals surface area contributed by atoms with Crippen LogP contribution in [0.1, 0.15) is 44.4 Å². The summed E-state index contributed by atoms with van der Waals surface area (Å²) >= 11 is 0. The number of rotatable bonds is 8. The third kappa shape index (κ3) is 6.66. The van der Waals surface area contributed by atoms with Crippen molar-refractivity contribution in [2.24, 2.45) is 5.92 Å². The Balaban J connectivity index is 1.10. The summed E-state index contributed by atoms with van der Waals surface area (Å²) in [4.78, 5) is 19.9. The summed E-state index contributed by atoms with van der Waals surface area (Å²) in [5.74, 6) is 1.69. The predicted molar refractivity (Wildman–Crippen MR) is 147 cm³/mol. The highest BCUT2D eigenvalue weighted by Gasteiger charge is 2.27. The van der Waals surface area contributed by atoms with Crippen molar-refractivity contribution in [1.82, 2.24) is 19.3 Å². The van der Waals surface area contributed by atoms with E-state index in [1.807, 2.05) is 24.3 Å². The lowest BCUT2D eigenvalue weighted by Crippen LogP contribution is -2.37. The molecule has 11 heteroatoms. The predicted octanol–water partition coefficient (Wildman–Crippen LogP) is 4.16. The van der Waals surface area contributed by atoms with Gasteiger partial charge in [-0.25, -0.2) is 8.42 Å². The molecule has 208 valence electrons. The number of carbonyl (C=O) groups is 1. The Labute approximate surface area is 229 Å². The summed E-state index contributed by atoms with van der Waals surface area (Å²) in [6, 6.07) is 14.0. The SMILES string of the molecule is COc1ccc(-c2noc(CN3CCC(C(=O)Nc4ccc(S(=O)(=O)N5CCCCCC5)cc4)CC3)n2)cc1. The number of hydrogen-bond donors (Lipinski definition) is 1. The number of methoxy groups -OCH3 is 1. The summed E-state index contributed by atoms with van der Waals surface area (Å²) in [7, 11) is -1.88. The summed E-state index contributed by atoms with van der Waals surface area (Å²) in [5.41, 5.74) is 1.46. The number of amides is 1. The van der Waals surface area contributed by atoms with E-state index in [1.165, 1.54) is 0 Å². The van der Waals surface area contributed by atoms with E-state index < -0.39 is 10.0 Å². The third-order valence-electron chi connectivity index (χ3n) is 7.46. The minimum Gasteiger partial charge on any atom is -0.497 e. The molecule has 0 atom stereocenters. The van der Waals surface area contributed by atoms with Crippen LogP contribution in [0.25, 0.3) is 11.4 Å². The van der Waals surface area contributed by atoms with Gasteiger partial charge in [0.15, 0.2) is 0 Å². The standard InChI is InChI=1S/C28H35N5O5S/c1-37-24-10-6-21(7-11-24)27-30-26(38-31-27)20-32-18-14-22(15-19-32)28(34)29-23-8-12-25(13-9-23)39(35,36)33-16-4-2-3-5-17-33/h6-13,22H,2-5,14-20H2,1H3,(H,29,34). The van der Waals surface area contributed by atoms with Crippen LogP contribution in [0.15, 0.2) is 57.9 Å². The van der Waals surface area contributed by atoms with Crippen molar-refractivity contribution in [2.75, 3.05) is 38.6 Å². The number of sulfonamides is 1. The number of ether oxygens (including phenoxy) is 1.